The first-order chi connectivity index (χ1) is 14.2. The van der Waals surface area contributed by atoms with Crippen molar-refractivity contribution in [2.45, 2.75) is 58.1 Å². The van der Waals surface area contributed by atoms with Gasteiger partial charge in [-0.25, -0.2) is 9.78 Å². The number of hydrogen-bond acceptors (Lipinski definition) is 5. The second-order valence-corrected chi connectivity index (χ2v) is 9.40. The smallest absolute Gasteiger partial charge is 0.415 e. The first kappa shape index (κ1) is 20.9. The topological polar surface area (TPSA) is 99.3 Å². The summed E-state index contributed by atoms with van der Waals surface area (Å²) in [6.07, 6.45) is 6.32. The van der Waals surface area contributed by atoms with Gasteiger partial charge in [0.15, 0.2) is 0 Å². The van der Waals surface area contributed by atoms with Crippen LogP contribution in [0.15, 0.2) is 12.4 Å². The third-order valence-corrected chi connectivity index (χ3v) is 5.58. The Bertz CT molecular complexity index is 957. The first-order valence-corrected chi connectivity index (χ1v) is 10.8. The van der Waals surface area contributed by atoms with Crippen LogP contribution in [0.25, 0.3) is 11.0 Å². The molecule has 30 heavy (non-hydrogen) atoms. The minimum absolute atomic E-state index is 0.0232. The Morgan fingerprint density at radius 2 is 2.07 bits per heavy atom. The number of piperidine rings is 1. The van der Waals surface area contributed by atoms with Crippen molar-refractivity contribution < 1.29 is 14.3 Å². The van der Waals surface area contributed by atoms with Gasteiger partial charge in [-0.2, -0.15) is 0 Å². The molecule has 3 heterocycles. The van der Waals surface area contributed by atoms with Gasteiger partial charge in [-0.05, 0) is 53.0 Å². The van der Waals surface area contributed by atoms with E-state index in [4.69, 9.17) is 16.3 Å². The van der Waals surface area contributed by atoms with Gasteiger partial charge in [-0.3, -0.25) is 9.69 Å². The van der Waals surface area contributed by atoms with Crippen molar-refractivity contribution in [2.75, 3.05) is 23.3 Å². The highest BCUT2D eigenvalue weighted by atomic mass is 35.5. The zero-order valence-corrected chi connectivity index (χ0v) is 18.3. The molecule has 0 unspecified atom stereocenters. The number of hydrogen-bond donors (Lipinski definition) is 3. The Kier molecular flexibility index (Phi) is 5.63. The van der Waals surface area contributed by atoms with E-state index in [2.05, 4.69) is 20.6 Å². The fourth-order valence-electron chi connectivity index (χ4n) is 3.76. The number of fused-ring (bicyclic) bond motifs is 1. The number of H-pyrrole nitrogens is 1. The molecule has 2 amide bonds. The molecule has 4 rings (SSSR count). The Morgan fingerprint density at radius 3 is 2.70 bits per heavy atom. The molecule has 2 fully saturated rings. The molecule has 1 saturated carbocycles. The average Bonchev–Trinajstić information content (AvgIpc) is 3.46. The summed E-state index contributed by atoms with van der Waals surface area (Å²) in [5, 5.41) is 7.28. The summed E-state index contributed by atoms with van der Waals surface area (Å²) in [7, 11) is 0. The van der Waals surface area contributed by atoms with Crippen LogP contribution in [0.1, 0.15) is 46.5 Å². The standard InChI is InChI=1S/C21H28ClN5O3/c1-21(2,3)30-20(29)27(13-5-4-8-23-9-13)17-14(22)10-24-18-16(17)15(11-25-18)26-19(28)12-6-7-12/h10-13,23H,4-9H2,1-3H3,(H,24,25)(H,26,28)/t13-/m1/s1. The maximum absolute atomic E-state index is 13.3. The van der Waals surface area contributed by atoms with Crippen molar-refractivity contribution >= 4 is 46.0 Å². The number of carbonyl (C=O) groups excluding carboxylic acids is 2. The molecule has 0 aromatic carbocycles. The summed E-state index contributed by atoms with van der Waals surface area (Å²) in [6.45, 7) is 7.05. The van der Waals surface area contributed by atoms with E-state index < -0.39 is 11.7 Å². The zero-order chi connectivity index (χ0) is 21.5. The summed E-state index contributed by atoms with van der Waals surface area (Å²) in [4.78, 5) is 34.8. The molecule has 1 aliphatic carbocycles. The Morgan fingerprint density at radius 1 is 1.30 bits per heavy atom. The van der Waals surface area contributed by atoms with Crippen molar-refractivity contribution in [1.29, 1.82) is 0 Å². The van der Waals surface area contributed by atoms with E-state index in [0.717, 1.165) is 32.2 Å². The average molecular weight is 434 g/mol. The van der Waals surface area contributed by atoms with Crippen molar-refractivity contribution in [2.24, 2.45) is 5.92 Å². The lowest BCUT2D eigenvalue weighted by molar-refractivity contribution is -0.117. The molecule has 0 spiro atoms. The summed E-state index contributed by atoms with van der Waals surface area (Å²) >= 11 is 6.61. The van der Waals surface area contributed by atoms with Gasteiger partial charge in [-0.15, -0.1) is 0 Å². The molecule has 3 N–H and O–H groups in total. The molecule has 1 aliphatic heterocycles. The molecule has 2 aromatic heterocycles. The van der Waals surface area contributed by atoms with E-state index in [-0.39, 0.29) is 17.9 Å². The van der Waals surface area contributed by atoms with Gasteiger partial charge >= 0.3 is 6.09 Å². The lowest BCUT2D eigenvalue weighted by Crippen LogP contribution is -2.50. The highest BCUT2D eigenvalue weighted by Gasteiger charge is 2.35. The van der Waals surface area contributed by atoms with Gasteiger partial charge < -0.3 is 20.4 Å². The Labute approximate surface area is 180 Å². The fraction of sp³-hybridized carbons (Fsp3) is 0.571. The third-order valence-electron chi connectivity index (χ3n) is 5.30. The van der Waals surface area contributed by atoms with Gasteiger partial charge in [0.1, 0.15) is 11.2 Å². The molecule has 9 heteroatoms. The zero-order valence-electron chi connectivity index (χ0n) is 17.5. The number of nitrogens with zero attached hydrogens (tertiary/aromatic N) is 2. The summed E-state index contributed by atoms with van der Waals surface area (Å²) < 4.78 is 5.74. The minimum Gasteiger partial charge on any atom is -0.443 e. The van der Waals surface area contributed by atoms with Crippen molar-refractivity contribution in [3.05, 3.63) is 17.4 Å². The quantitative estimate of drug-likeness (QED) is 0.675. The van der Waals surface area contributed by atoms with Gasteiger partial charge in [0.2, 0.25) is 5.91 Å². The van der Waals surface area contributed by atoms with Gasteiger partial charge in [0.25, 0.3) is 0 Å². The number of rotatable bonds is 4. The maximum atomic E-state index is 13.3. The maximum Gasteiger partial charge on any atom is 0.415 e. The number of aromatic nitrogens is 2. The van der Waals surface area contributed by atoms with Crippen LogP contribution in [-0.4, -0.2) is 46.7 Å². The summed E-state index contributed by atoms with van der Waals surface area (Å²) in [5.74, 6) is 0.0278. The van der Waals surface area contributed by atoms with Crippen molar-refractivity contribution in [3.63, 3.8) is 0 Å². The molecule has 0 bridgehead atoms. The molecule has 0 radical (unpaired) electrons. The van der Waals surface area contributed by atoms with E-state index >= 15 is 0 Å². The normalized spacial score (nSPS) is 19.5. The van der Waals surface area contributed by atoms with Crippen LogP contribution in [0.4, 0.5) is 16.2 Å². The summed E-state index contributed by atoms with van der Waals surface area (Å²) in [6, 6.07) is -0.126. The predicted octanol–water partition coefficient (Wildman–Crippen LogP) is 4.06. The van der Waals surface area contributed by atoms with Crippen LogP contribution in [-0.2, 0) is 9.53 Å². The second-order valence-electron chi connectivity index (χ2n) is 8.99. The SMILES string of the molecule is CC(C)(C)OC(=O)N(c1c(Cl)cnc2[nH]cc(NC(=O)C3CC3)c12)[C@@H]1CCCNC1. The Balaban J connectivity index is 1.80. The summed E-state index contributed by atoms with van der Waals surface area (Å²) in [5.41, 5.74) is 0.982. The highest BCUT2D eigenvalue weighted by molar-refractivity contribution is 6.36. The number of halogens is 1. The van der Waals surface area contributed by atoms with Gasteiger partial charge in [0, 0.05) is 18.7 Å². The van der Waals surface area contributed by atoms with E-state index in [0.29, 0.717) is 34.0 Å². The van der Waals surface area contributed by atoms with E-state index in [1.807, 2.05) is 20.8 Å². The van der Waals surface area contributed by atoms with E-state index in [1.54, 1.807) is 11.1 Å². The van der Waals surface area contributed by atoms with Crippen LogP contribution < -0.4 is 15.5 Å². The number of nitrogens with one attached hydrogen (secondary N) is 3. The minimum atomic E-state index is -0.656. The fourth-order valence-corrected chi connectivity index (χ4v) is 3.99. The second kappa shape index (κ2) is 8.07. The molecule has 2 aliphatic rings. The number of amides is 2. The van der Waals surface area contributed by atoms with Crippen LogP contribution in [0.2, 0.25) is 5.02 Å². The number of pyridine rings is 1. The van der Waals surface area contributed by atoms with E-state index in [1.165, 1.54) is 6.20 Å². The molecular formula is C21H28ClN5O3. The highest BCUT2D eigenvalue weighted by Crippen LogP contribution is 2.41. The number of aromatic amines is 1. The lowest BCUT2D eigenvalue weighted by atomic mass is 10.0. The van der Waals surface area contributed by atoms with E-state index in [9.17, 15) is 9.59 Å². The van der Waals surface area contributed by atoms with Crippen molar-refractivity contribution in [3.8, 4) is 0 Å². The largest absolute Gasteiger partial charge is 0.443 e. The van der Waals surface area contributed by atoms with Crippen LogP contribution in [0.3, 0.4) is 0 Å². The van der Waals surface area contributed by atoms with Gasteiger partial charge in [-0.1, -0.05) is 11.6 Å². The molecular weight excluding hydrogens is 406 g/mol. The molecule has 8 nitrogen and oxygen atoms in total. The molecule has 1 atom stereocenters. The monoisotopic (exact) mass is 433 g/mol. The van der Waals surface area contributed by atoms with Crippen LogP contribution in [0.5, 0.6) is 0 Å². The molecule has 1 saturated heterocycles. The first-order valence-electron chi connectivity index (χ1n) is 10.4. The number of ether oxygens (including phenoxy) is 1. The lowest BCUT2D eigenvalue weighted by Gasteiger charge is -2.36. The molecule has 162 valence electrons. The van der Waals surface area contributed by atoms with Crippen molar-refractivity contribution in [1.82, 2.24) is 15.3 Å². The Hall–Kier alpha value is -2.32. The molecule has 2 aromatic rings. The third kappa shape index (κ3) is 4.39. The number of anilines is 2. The van der Waals surface area contributed by atoms with Gasteiger partial charge in [0.05, 0.1) is 34.0 Å². The van der Waals surface area contributed by atoms with Crippen LogP contribution in [0, 0.1) is 5.92 Å². The number of carbonyl (C=O) groups is 2. The predicted molar refractivity (Wildman–Crippen MR) is 117 cm³/mol. The van der Waals surface area contributed by atoms with Crippen LogP contribution >= 0.6 is 11.6 Å².